The number of benzene rings is 3. The molecule has 5 rings (SSSR count). The van der Waals surface area contributed by atoms with Gasteiger partial charge in [0, 0.05) is 19.1 Å². The van der Waals surface area contributed by atoms with Crippen molar-refractivity contribution in [2.45, 2.75) is 6.54 Å². The Bertz CT molecular complexity index is 1610. The van der Waals surface area contributed by atoms with E-state index in [1.807, 2.05) is 48.5 Å². The third-order valence-corrected chi connectivity index (χ3v) is 5.90. The SMILES string of the molecule is Cn1c(Oc2ccc3ccccc3c2)nc2c1c(=O)n(Cc1ccccc1Cl)c(=O)n2C. The normalized spacial score (nSPS) is 11.3. The summed E-state index contributed by atoms with van der Waals surface area (Å²) in [6.07, 6.45) is 0. The van der Waals surface area contributed by atoms with Crippen molar-refractivity contribution in [1.82, 2.24) is 18.7 Å². The first-order valence-corrected chi connectivity index (χ1v) is 10.4. The Morgan fingerprint density at radius 3 is 2.41 bits per heavy atom. The van der Waals surface area contributed by atoms with E-state index in [2.05, 4.69) is 4.98 Å². The van der Waals surface area contributed by atoms with Crippen LogP contribution in [0.25, 0.3) is 21.9 Å². The van der Waals surface area contributed by atoms with Gasteiger partial charge in [-0.2, -0.15) is 4.98 Å². The van der Waals surface area contributed by atoms with Gasteiger partial charge in [0.05, 0.1) is 6.54 Å². The molecule has 2 heterocycles. The van der Waals surface area contributed by atoms with E-state index in [0.29, 0.717) is 16.3 Å². The third kappa shape index (κ3) is 3.27. The molecule has 0 atom stereocenters. The topological polar surface area (TPSA) is 71.1 Å². The van der Waals surface area contributed by atoms with Crippen LogP contribution in [0.1, 0.15) is 5.56 Å². The molecule has 2 aromatic heterocycles. The minimum atomic E-state index is -0.474. The van der Waals surface area contributed by atoms with Gasteiger partial charge >= 0.3 is 11.7 Å². The minimum absolute atomic E-state index is 0.0627. The van der Waals surface area contributed by atoms with Crippen molar-refractivity contribution in [3.05, 3.63) is 98.2 Å². The average molecular weight is 447 g/mol. The van der Waals surface area contributed by atoms with Crippen LogP contribution in [0.3, 0.4) is 0 Å². The number of hydrogen-bond donors (Lipinski definition) is 0. The van der Waals surface area contributed by atoms with E-state index in [0.717, 1.165) is 15.3 Å². The molecule has 32 heavy (non-hydrogen) atoms. The van der Waals surface area contributed by atoms with E-state index in [1.165, 1.54) is 4.57 Å². The fourth-order valence-corrected chi connectivity index (χ4v) is 3.98. The maximum Gasteiger partial charge on any atom is 0.332 e. The summed E-state index contributed by atoms with van der Waals surface area (Å²) in [7, 11) is 3.28. The zero-order valence-corrected chi connectivity index (χ0v) is 18.2. The number of rotatable bonds is 4. The summed E-state index contributed by atoms with van der Waals surface area (Å²) in [6, 6.07) is 21.0. The minimum Gasteiger partial charge on any atom is -0.425 e. The largest absolute Gasteiger partial charge is 0.425 e. The molecule has 0 N–H and O–H groups in total. The van der Waals surface area contributed by atoms with Gasteiger partial charge in [0.2, 0.25) is 0 Å². The highest BCUT2D eigenvalue weighted by Gasteiger charge is 2.20. The summed E-state index contributed by atoms with van der Waals surface area (Å²) < 4.78 is 10.1. The molecule has 0 spiro atoms. The van der Waals surface area contributed by atoms with E-state index in [4.69, 9.17) is 16.3 Å². The summed E-state index contributed by atoms with van der Waals surface area (Å²) in [6.45, 7) is 0.0627. The number of ether oxygens (including phenoxy) is 1. The van der Waals surface area contributed by atoms with Crippen molar-refractivity contribution < 1.29 is 4.74 Å². The fraction of sp³-hybridized carbons (Fsp3) is 0.125. The maximum atomic E-state index is 13.3. The summed E-state index contributed by atoms with van der Waals surface area (Å²) in [5.74, 6) is 0.587. The number of fused-ring (bicyclic) bond motifs is 2. The molecule has 0 radical (unpaired) electrons. The number of aryl methyl sites for hydroxylation is 2. The second-order valence-corrected chi connectivity index (χ2v) is 7.97. The molecule has 5 aromatic rings. The third-order valence-electron chi connectivity index (χ3n) is 5.54. The highest BCUT2D eigenvalue weighted by molar-refractivity contribution is 6.31. The van der Waals surface area contributed by atoms with Gasteiger partial charge in [0.25, 0.3) is 5.56 Å². The molecule has 0 fully saturated rings. The summed E-state index contributed by atoms with van der Waals surface area (Å²) in [5, 5.41) is 2.61. The van der Waals surface area contributed by atoms with Crippen LogP contribution in [0, 0.1) is 0 Å². The Hall–Kier alpha value is -3.84. The van der Waals surface area contributed by atoms with Gasteiger partial charge < -0.3 is 4.74 Å². The van der Waals surface area contributed by atoms with Crippen molar-refractivity contribution in [1.29, 1.82) is 0 Å². The Morgan fingerprint density at radius 1 is 0.906 bits per heavy atom. The molecule has 3 aromatic carbocycles. The van der Waals surface area contributed by atoms with E-state index in [-0.39, 0.29) is 23.7 Å². The predicted octanol–water partition coefficient (Wildman–Crippen LogP) is 4.08. The molecule has 0 bridgehead atoms. The number of imidazole rings is 1. The van der Waals surface area contributed by atoms with E-state index >= 15 is 0 Å². The summed E-state index contributed by atoms with van der Waals surface area (Å²) in [4.78, 5) is 30.6. The molecule has 0 aliphatic rings. The lowest BCUT2D eigenvalue weighted by atomic mass is 10.1. The molecule has 160 valence electrons. The van der Waals surface area contributed by atoms with Crippen LogP contribution in [0.5, 0.6) is 11.8 Å². The molecule has 0 saturated carbocycles. The molecular weight excluding hydrogens is 428 g/mol. The number of hydrogen-bond acceptors (Lipinski definition) is 4. The van der Waals surface area contributed by atoms with Gasteiger partial charge in [-0.1, -0.05) is 60.1 Å². The smallest absolute Gasteiger partial charge is 0.332 e. The predicted molar refractivity (Wildman–Crippen MR) is 125 cm³/mol. The first kappa shape index (κ1) is 20.1. The first-order chi connectivity index (χ1) is 15.4. The lowest BCUT2D eigenvalue weighted by Crippen LogP contribution is -2.39. The fourth-order valence-electron chi connectivity index (χ4n) is 3.79. The second kappa shape index (κ2) is 7.69. The second-order valence-electron chi connectivity index (χ2n) is 7.56. The summed E-state index contributed by atoms with van der Waals surface area (Å²) in [5.41, 5.74) is 0.287. The van der Waals surface area contributed by atoms with Gasteiger partial charge in [-0.25, -0.2) is 4.79 Å². The first-order valence-electron chi connectivity index (χ1n) is 10.0. The van der Waals surface area contributed by atoms with Crippen LogP contribution in [-0.2, 0) is 20.6 Å². The molecular formula is C24H19ClN4O3. The van der Waals surface area contributed by atoms with Crippen LogP contribution in [0.15, 0.2) is 76.3 Å². The molecule has 0 aliphatic carbocycles. The average Bonchev–Trinajstić information content (AvgIpc) is 3.12. The van der Waals surface area contributed by atoms with Gasteiger partial charge in [-0.05, 0) is 34.5 Å². The van der Waals surface area contributed by atoms with Gasteiger partial charge in [0.15, 0.2) is 11.2 Å². The van der Waals surface area contributed by atoms with Crippen LogP contribution >= 0.6 is 11.6 Å². The van der Waals surface area contributed by atoms with E-state index in [1.54, 1.807) is 36.9 Å². The Balaban J connectivity index is 1.62. The van der Waals surface area contributed by atoms with Crippen molar-refractivity contribution in [2.24, 2.45) is 14.1 Å². The van der Waals surface area contributed by atoms with Gasteiger partial charge in [-0.15, -0.1) is 0 Å². The van der Waals surface area contributed by atoms with Crippen molar-refractivity contribution in [3.8, 4) is 11.8 Å². The number of aromatic nitrogens is 4. The van der Waals surface area contributed by atoms with Crippen molar-refractivity contribution >= 4 is 33.5 Å². The van der Waals surface area contributed by atoms with Crippen LogP contribution in [0.2, 0.25) is 5.02 Å². The van der Waals surface area contributed by atoms with Crippen molar-refractivity contribution in [2.75, 3.05) is 0 Å². The molecule has 0 aliphatic heterocycles. The zero-order valence-electron chi connectivity index (χ0n) is 17.4. The van der Waals surface area contributed by atoms with Crippen LogP contribution in [0.4, 0.5) is 0 Å². The Morgan fingerprint density at radius 2 is 1.62 bits per heavy atom. The molecule has 0 amide bonds. The standard InChI is InChI=1S/C24H19ClN4O3/c1-27-20-21(26-23(27)32-18-12-11-15-7-3-4-8-16(15)13-18)28(2)24(31)29(22(20)30)14-17-9-5-6-10-19(17)25/h3-13H,14H2,1-2H3. The number of nitrogens with zero attached hydrogens (tertiary/aromatic N) is 4. The molecule has 0 saturated heterocycles. The Labute approximate surface area is 187 Å². The lowest BCUT2D eigenvalue weighted by molar-refractivity contribution is 0.428. The molecule has 7 nitrogen and oxygen atoms in total. The monoisotopic (exact) mass is 446 g/mol. The molecule has 0 unspecified atom stereocenters. The Kier molecular flexibility index (Phi) is 4.83. The van der Waals surface area contributed by atoms with E-state index < -0.39 is 11.2 Å². The quantitative estimate of drug-likeness (QED) is 0.417. The highest BCUT2D eigenvalue weighted by atomic mass is 35.5. The summed E-state index contributed by atoms with van der Waals surface area (Å²) >= 11 is 6.24. The highest BCUT2D eigenvalue weighted by Crippen LogP contribution is 2.26. The van der Waals surface area contributed by atoms with E-state index in [9.17, 15) is 9.59 Å². The zero-order chi connectivity index (χ0) is 22.4. The van der Waals surface area contributed by atoms with Crippen LogP contribution < -0.4 is 16.0 Å². The maximum absolute atomic E-state index is 13.3. The lowest BCUT2D eigenvalue weighted by Gasteiger charge is -2.09. The molecule has 8 heteroatoms. The van der Waals surface area contributed by atoms with Crippen LogP contribution in [-0.4, -0.2) is 18.7 Å². The van der Waals surface area contributed by atoms with Crippen molar-refractivity contribution in [3.63, 3.8) is 0 Å². The van der Waals surface area contributed by atoms with Gasteiger partial charge in [-0.3, -0.25) is 18.5 Å². The number of halogens is 1. The van der Waals surface area contributed by atoms with Gasteiger partial charge in [0.1, 0.15) is 5.75 Å².